The van der Waals surface area contributed by atoms with E-state index in [0.29, 0.717) is 0 Å². The van der Waals surface area contributed by atoms with Gasteiger partial charge in [0.2, 0.25) is 0 Å². The molecular formula is C17H18O. The van der Waals surface area contributed by atoms with Crippen LogP contribution >= 0.6 is 0 Å². The molecule has 1 aliphatic carbocycles. The van der Waals surface area contributed by atoms with Crippen molar-refractivity contribution < 1.29 is 5.11 Å². The summed E-state index contributed by atoms with van der Waals surface area (Å²) >= 11 is 0. The molecule has 0 atom stereocenters. The van der Waals surface area contributed by atoms with E-state index in [4.69, 9.17) is 0 Å². The molecule has 18 heavy (non-hydrogen) atoms. The van der Waals surface area contributed by atoms with Gasteiger partial charge in [0, 0.05) is 12.8 Å². The average Bonchev–Trinajstić information content (AvgIpc) is 2.69. The summed E-state index contributed by atoms with van der Waals surface area (Å²) in [6.45, 7) is 4.20. The fourth-order valence-corrected chi connectivity index (χ4v) is 3.04. The zero-order valence-electron chi connectivity index (χ0n) is 10.9. The average molecular weight is 238 g/mol. The van der Waals surface area contributed by atoms with E-state index >= 15 is 0 Å². The Hall–Kier alpha value is -1.60. The van der Waals surface area contributed by atoms with Crippen LogP contribution in [0.15, 0.2) is 42.5 Å². The molecule has 1 N–H and O–H groups in total. The van der Waals surface area contributed by atoms with Crippen LogP contribution in [0, 0.1) is 13.8 Å². The molecule has 0 saturated heterocycles. The first-order valence-electron chi connectivity index (χ1n) is 6.46. The van der Waals surface area contributed by atoms with Gasteiger partial charge in [-0.1, -0.05) is 42.5 Å². The molecule has 0 unspecified atom stereocenters. The van der Waals surface area contributed by atoms with Gasteiger partial charge in [0.1, 0.15) is 0 Å². The van der Waals surface area contributed by atoms with Gasteiger partial charge in [0.15, 0.2) is 0 Å². The van der Waals surface area contributed by atoms with Crippen LogP contribution in [0.2, 0.25) is 0 Å². The van der Waals surface area contributed by atoms with Gasteiger partial charge in [-0.3, -0.25) is 0 Å². The van der Waals surface area contributed by atoms with Crippen molar-refractivity contribution >= 4 is 0 Å². The lowest BCUT2D eigenvalue weighted by Gasteiger charge is -2.25. The van der Waals surface area contributed by atoms with Gasteiger partial charge in [-0.05, 0) is 41.7 Å². The lowest BCUT2D eigenvalue weighted by Crippen LogP contribution is -2.27. The Bertz CT molecular complexity index is 573. The Balaban J connectivity index is 2.07. The Morgan fingerprint density at radius 2 is 1.50 bits per heavy atom. The minimum Gasteiger partial charge on any atom is -0.384 e. The quantitative estimate of drug-likeness (QED) is 0.808. The third kappa shape index (κ3) is 1.67. The van der Waals surface area contributed by atoms with Crippen LogP contribution in [-0.4, -0.2) is 5.11 Å². The lowest BCUT2D eigenvalue weighted by molar-refractivity contribution is 0.0475. The molecule has 0 radical (unpaired) electrons. The summed E-state index contributed by atoms with van der Waals surface area (Å²) in [5, 5.41) is 11.0. The molecule has 2 aromatic rings. The zero-order chi connectivity index (χ0) is 12.8. The Morgan fingerprint density at radius 1 is 0.889 bits per heavy atom. The zero-order valence-corrected chi connectivity index (χ0v) is 10.9. The van der Waals surface area contributed by atoms with E-state index in [1.54, 1.807) is 0 Å². The molecule has 2 aromatic carbocycles. The van der Waals surface area contributed by atoms with Gasteiger partial charge in [-0.15, -0.1) is 0 Å². The summed E-state index contributed by atoms with van der Waals surface area (Å²) in [6, 6.07) is 14.6. The Kier molecular flexibility index (Phi) is 2.53. The molecule has 0 saturated carbocycles. The number of fused-ring (bicyclic) bond motifs is 1. The van der Waals surface area contributed by atoms with Gasteiger partial charge >= 0.3 is 0 Å². The van der Waals surface area contributed by atoms with Crippen LogP contribution in [0.1, 0.15) is 27.8 Å². The molecule has 0 spiro atoms. The molecule has 1 aliphatic rings. The third-order valence-corrected chi connectivity index (χ3v) is 4.19. The molecule has 0 aliphatic heterocycles. The summed E-state index contributed by atoms with van der Waals surface area (Å²) in [5.41, 5.74) is 5.38. The van der Waals surface area contributed by atoms with Gasteiger partial charge < -0.3 is 5.11 Å². The predicted molar refractivity (Wildman–Crippen MR) is 73.7 cm³/mol. The first kappa shape index (κ1) is 11.5. The van der Waals surface area contributed by atoms with E-state index in [0.717, 1.165) is 18.4 Å². The van der Waals surface area contributed by atoms with Crippen LogP contribution in [0.4, 0.5) is 0 Å². The number of aliphatic hydroxyl groups is 1. The second-order valence-electron chi connectivity index (χ2n) is 5.40. The standard InChI is InChI=1S/C17H18O/c1-12-6-5-9-16(13(12)2)17(18)10-14-7-3-4-8-15(14)11-17/h3-9,18H,10-11H2,1-2H3. The van der Waals surface area contributed by atoms with E-state index in [1.165, 1.54) is 22.3 Å². The van der Waals surface area contributed by atoms with Crippen LogP contribution in [0.25, 0.3) is 0 Å². The van der Waals surface area contributed by atoms with Gasteiger partial charge in [0.05, 0.1) is 5.60 Å². The maximum atomic E-state index is 11.0. The molecule has 1 nitrogen and oxygen atoms in total. The number of aryl methyl sites for hydroxylation is 1. The van der Waals surface area contributed by atoms with Crippen LogP contribution < -0.4 is 0 Å². The number of benzene rings is 2. The van der Waals surface area contributed by atoms with Crippen LogP contribution in [0.3, 0.4) is 0 Å². The topological polar surface area (TPSA) is 20.2 Å². The summed E-state index contributed by atoms with van der Waals surface area (Å²) in [6.07, 6.45) is 1.46. The molecule has 0 heterocycles. The van der Waals surface area contributed by atoms with Crippen LogP contribution in [0.5, 0.6) is 0 Å². The normalized spacial score (nSPS) is 16.6. The van der Waals surface area contributed by atoms with Crippen LogP contribution in [-0.2, 0) is 18.4 Å². The van der Waals surface area contributed by atoms with E-state index in [2.05, 4.69) is 38.1 Å². The number of hydrogen-bond donors (Lipinski definition) is 1. The molecule has 0 bridgehead atoms. The summed E-state index contributed by atoms with van der Waals surface area (Å²) in [7, 11) is 0. The first-order valence-corrected chi connectivity index (χ1v) is 6.46. The minimum absolute atomic E-state index is 0.722. The SMILES string of the molecule is Cc1cccc(C2(O)Cc3ccccc3C2)c1C. The first-order chi connectivity index (χ1) is 8.60. The van der Waals surface area contributed by atoms with Gasteiger partial charge in [0.25, 0.3) is 0 Å². The molecular weight excluding hydrogens is 220 g/mol. The van der Waals surface area contributed by atoms with Crippen molar-refractivity contribution in [1.82, 2.24) is 0 Å². The lowest BCUT2D eigenvalue weighted by atomic mass is 9.86. The summed E-state index contributed by atoms with van der Waals surface area (Å²) in [4.78, 5) is 0. The van der Waals surface area contributed by atoms with Crippen molar-refractivity contribution in [3.8, 4) is 0 Å². The fourth-order valence-electron chi connectivity index (χ4n) is 3.04. The predicted octanol–water partition coefficient (Wildman–Crippen LogP) is 3.29. The summed E-state index contributed by atoms with van der Waals surface area (Å²) < 4.78 is 0. The number of rotatable bonds is 1. The van der Waals surface area contributed by atoms with E-state index in [-0.39, 0.29) is 0 Å². The molecule has 0 amide bonds. The van der Waals surface area contributed by atoms with Crippen molar-refractivity contribution in [1.29, 1.82) is 0 Å². The Morgan fingerprint density at radius 3 is 2.11 bits per heavy atom. The van der Waals surface area contributed by atoms with Crippen molar-refractivity contribution in [3.05, 3.63) is 70.3 Å². The maximum Gasteiger partial charge on any atom is 0.0979 e. The minimum atomic E-state index is -0.722. The highest BCUT2D eigenvalue weighted by molar-refractivity contribution is 5.44. The summed E-state index contributed by atoms with van der Waals surface area (Å²) in [5.74, 6) is 0. The molecule has 92 valence electrons. The highest BCUT2D eigenvalue weighted by Gasteiger charge is 2.37. The van der Waals surface area contributed by atoms with E-state index in [1.807, 2.05) is 18.2 Å². The van der Waals surface area contributed by atoms with Crippen molar-refractivity contribution in [2.75, 3.05) is 0 Å². The molecule has 0 fully saturated rings. The fraction of sp³-hybridized carbons (Fsp3) is 0.294. The molecule has 0 aromatic heterocycles. The largest absolute Gasteiger partial charge is 0.384 e. The maximum absolute atomic E-state index is 11.0. The second kappa shape index (κ2) is 3.96. The van der Waals surface area contributed by atoms with Gasteiger partial charge in [-0.25, -0.2) is 0 Å². The van der Waals surface area contributed by atoms with Crippen molar-refractivity contribution in [3.63, 3.8) is 0 Å². The smallest absolute Gasteiger partial charge is 0.0979 e. The van der Waals surface area contributed by atoms with E-state index < -0.39 is 5.60 Å². The van der Waals surface area contributed by atoms with E-state index in [9.17, 15) is 5.11 Å². The Labute approximate surface area is 108 Å². The third-order valence-electron chi connectivity index (χ3n) is 4.19. The monoisotopic (exact) mass is 238 g/mol. The van der Waals surface area contributed by atoms with Crippen molar-refractivity contribution in [2.24, 2.45) is 0 Å². The second-order valence-corrected chi connectivity index (χ2v) is 5.40. The highest BCUT2D eigenvalue weighted by Crippen LogP contribution is 2.39. The van der Waals surface area contributed by atoms with Crippen molar-refractivity contribution in [2.45, 2.75) is 32.3 Å². The van der Waals surface area contributed by atoms with Gasteiger partial charge in [-0.2, -0.15) is 0 Å². The molecule has 1 heteroatoms. The molecule has 3 rings (SSSR count). The number of hydrogen-bond acceptors (Lipinski definition) is 1. The highest BCUT2D eigenvalue weighted by atomic mass is 16.3.